The Hall–Kier alpha value is -1.84. The summed E-state index contributed by atoms with van der Waals surface area (Å²) in [6.07, 6.45) is -3.80. The fourth-order valence-electron chi connectivity index (χ4n) is 1.88. The van der Waals surface area contributed by atoms with Crippen LogP contribution in [-0.2, 0) is 12.6 Å². The fraction of sp³-hybridized carbons (Fsp3) is 0.200. The number of alkyl halides is 3. The second-order valence-corrected chi connectivity index (χ2v) is 4.23. The first kappa shape index (κ1) is 13.6. The Morgan fingerprint density at radius 3 is 2.00 bits per heavy atom. The van der Waals surface area contributed by atoms with Crippen LogP contribution < -0.4 is 0 Å². The predicted octanol–water partition coefficient (Wildman–Crippen LogP) is 5.07. The molecular formula is C15H12F4. The molecule has 0 fully saturated rings. The van der Waals surface area contributed by atoms with Crippen molar-refractivity contribution in [2.45, 2.75) is 19.5 Å². The van der Waals surface area contributed by atoms with E-state index >= 15 is 0 Å². The molecule has 0 amide bonds. The van der Waals surface area contributed by atoms with E-state index in [-0.39, 0.29) is 5.82 Å². The zero-order valence-electron chi connectivity index (χ0n) is 10.3. The third-order valence-corrected chi connectivity index (χ3v) is 2.97. The van der Waals surface area contributed by atoms with Gasteiger partial charge in [0, 0.05) is 0 Å². The normalized spacial score (nSPS) is 11.6. The van der Waals surface area contributed by atoms with E-state index in [0.29, 0.717) is 23.1 Å². The third kappa shape index (κ3) is 2.95. The summed E-state index contributed by atoms with van der Waals surface area (Å²) in [7, 11) is 0. The summed E-state index contributed by atoms with van der Waals surface area (Å²) in [4.78, 5) is 0. The van der Waals surface area contributed by atoms with Gasteiger partial charge in [0.15, 0.2) is 0 Å². The van der Waals surface area contributed by atoms with Crippen LogP contribution in [0.5, 0.6) is 0 Å². The van der Waals surface area contributed by atoms with E-state index in [1.54, 1.807) is 12.1 Å². The average Bonchev–Trinajstić information content (AvgIpc) is 2.38. The molecule has 0 N–H and O–H groups in total. The van der Waals surface area contributed by atoms with Gasteiger partial charge in [0.1, 0.15) is 5.82 Å². The molecule has 0 radical (unpaired) electrons. The minimum Gasteiger partial charge on any atom is -0.207 e. The van der Waals surface area contributed by atoms with Crippen molar-refractivity contribution in [1.82, 2.24) is 0 Å². The minimum atomic E-state index is -4.34. The van der Waals surface area contributed by atoms with Crippen molar-refractivity contribution in [3.63, 3.8) is 0 Å². The number of aryl methyl sites for hydroxylation is 1. The molecule has 0 heterocycles. The summed E-state index contributed by atoms with van der Waals surface area (Å²) >= 11 is 0. The maximum absolute atomic E-state index is 13.4. The molecule has 4 heteroatoms. The highest BCUT2D eigenvalue weighted by Crippen LogP contribution is 2.31. The van der Waals surface area contributed by atoms with Crippen molar-refractivity contribution in [3.05, 3.63) is 59.4 Å². The van der Waals surface area contributed by atoms with E-state index in [9.17, 15) is 17.6 Å². The molecule has 0 atom stereocenters. The molecule has 0 nitrogen and oxygen atoms in total. The topological polar surface area (TPSA) is 0 Å². The van der Waals surface area contributed by atoms with Crippen molar-refractivity contribution in [3.8, 4) is 11.1 Å². The Balaban J connectivity index is 2.37. The second-order valence-electron chi connectivity index (χ2n) is 4.23. The molecule has 2 rings (SSSR count). The number of rotatable bonds is 2. The van der Waals surface area contributed by atoms with Gasteiger partial charge in [-0.05, 0) is 47.4 Å². The van der Waals surface area contributed by atoms with E-state index in [1.165, 1.54) is 18.2 Å². The zero-order valence-corrected chi connectivity index (χ0v) is 10.3. The highest BCUT2D eigenvalue weighted by atomic mass is 19.4. The summed E-state index contributed by atoms with van der Waals surface area (Å²) in [5, 5.41) is 0. The summed E-state index contributed by atoms with van der Waals surface area (Å²) in [5.41, 5.74) is 1.22. The van der Waals surface area contributed by atoms with Crippen molar-refractivity contribution in [2.24, 2.45) is 0 Å². The minimum absolute atomic E-state index is 0.293. The smallest absolute Gasteiger partial charge is 0.207 e. The van der Waals surface area contributed by atoms with Crippen molar-refractivity contribution >= 4 is 0 Å². The van der Waals surface area contributed by atoms with Crippen LogP contribution in [0.2, 0.25) is 0 Å². The van der Waals surface area contributed by atoms with Crippen LogP contribution in [0.4, 0.5) is 17.6 Å². The van der Waals surface area contributed by atoms with Gasteiger partial charge in [0.25, 0.3) is 0 Å². The Labute approximate surface area is 108 Å². The van der Waals surface area contributed by atoms with Gasteiger partial charge < -0.3 is 0 Å². The van der Waals surface area contributed by atoms with Crippen molar-refractivity contribution in [2.75, 3.05) is 0 Å². The van der Waals surface area contributed by atoms with Gasteiger partial charge in [0.05, 0.1) is 5.56 Å². The predicted molar refractivity (Wildman–Crippen MR) is 66.2 cm³/mol. The van der Waals surface area contributed by atoms with E-state index in [2.05, 4.69) is 0 Å². The Bertz CT molecular complexity index is 568. The largest absolute Gasteiger partial charge is 0.416 e. The molecule has 0 saturated carbocycles. The summed E-state index contributed by atoms with van der Waals surface area (Å²) in [5.74, 6) is -0.293. The van der Waals surface area contributed by atoms with Gasteiger partial charge in [-0.2, -0.15) is 13.2 Å². The van der Waals surface area contributed by atoms with Crippen LogP contribution in [-0.4, -0.2) is 0 Å². The SMILES string of the molecule is CCc1cc(-c2ccc(C(F)(F)F)cc2)ccc1F. The molecule has 0 spiro atoms. The Morgan fingerprint density at radius 2 is 1.47 bits per heavy atom. The molecule has 0 aliphatic heterocycles. The first-order valence-corrected chi connectivity index (χ1v) is 5.88. The lowest BCUT2D eigenvalue weighted by Crippen LogP contribution is -2.04. The first-order valence-electron chi connectivity index (χ1n) is 5.88. The quantitative estimate of drug-likeness (QED) is 0.667. The molecule has 19 heavy (non-hydrogen) atoms. The van der Waals surface area contributed by atoms with Crippen LogP contribution in [0, 0.1) is 5.82 Å². The van der Waals surface area contributed by atoms with E-state index in [4.69, 9.17) is 0 Å². The maximum Gasteiger partial charge on any atom is 0.416 e. The van der Waals surface area contributed by atoms with Crippen molar-refractivity contribution in [1.29, 1.82) is 0 Å². The van der Waals surface area contributed by atoms with Crippen LogP contribution in [0.3, 0.4) is 0 Å². The molecule has 0 unspecified atom stereocenters. The average molecular weight is 268 g/mol. The number of benzene rings is 2. The monoisotopic (exact) mass is 268 g/mol. The lowest BCUT2D eigenvalue weighted by atomic mass is 10.0. The molecule has 100 valence electrons. The maximum atomic E-state index is 13.4. The third-order valence-electron chi connectivity index (χ3n) is 2.97. The number of halogens is 4. The summed E-state index contributed by atoms with van der Waals surface area (Å²) in [6.45, 7) is 1.83. The van der Waals surface area contributed by atoms with E-state index < -0.39 is 11.7 Å². The number of hydrogen-bond acceptors (Lipinski definition) is 0. The summed E-state index contributed by atoms with van der Waals surface area (Å²) < 4.78 is 50.7. The molecule has 0 aromatic heterocycles. The Morgan fingerprint density at radius 1 is 0.895 bits per heavy atom. The second kappa shape index (κ2) is 5.03. The van der Waals surface area contributed by atoms with Gasteiger partial charge in [-0.15, -0.1) is 0 Å². The van der Waals surface area contributed by atoms with Gasteiger partial charge >= 0.3 is 6.18 Å². The molecule has 0 aliphatic carbocycles. The fourth-order valence-corrected chi connectivity index (χ4v) is 1.88. The van der Waals surface area contributed by atoms with Crippen LogP contribution in [0.1, 0.15) is 18.1 Å². The van der Waals surface area contributed by atoms with E-state index in [0.717, 1.165) is 12.1 Å². The van der Waals surface area contributed by atoms with Crippen LogP contribution in [0.25, 0.3) is 11.1 Å². The molecule has 2 aromatic carbocycles. The van der Waals surface area contributed by atoms with Crippen molar-refractivity contribution < 1.29 is 17.6 Å². The molecule has 0 bridgehead atoms. The van der Waals surface area contributed by atoms with Gasteiger partial charge in [-0.1, -0.05) is 25.1 Å². The lowest BCUT2D eigenvalue weighted by molar-refractivity contribution is -0.137. The molecule has 0 aliphatic rings. The number of hydrogen-bond donors (Lipinski definition) is 0. The Kier molecular flexibility index (Phi) is 3.60. The highest BCUT2D eigenvalue weighted by Gasteiger charge is 2.29. The first-order chi connectivity index (χ1) is 8.91. The molecule has 0 saturated heterocycles. The molecular weight excluding hydrogens is 256 g/mol. The zero-order chi connectivity index (χ0) is 14.0. The van der Waals surface area contributed by atoms with Crippen LogP contribution in [0.15, 0.2) is 42.5 Å². The summed E-state index contributed by atoms with van der Waals surface area (Å²) in [6, 6.07) is 9.43. The lowest BCUT2D eigenvalue weighted by Gasteiger charge is -2.09. The van der Waals surface area contributed by atoms with Gasteiger partial charge in [-0.3, -0.25) is 0 Å². The van der Waals surface area contributed by atoms with Gasteiger partial charge in [-0.25, -0.2) is 4.39 Å². The highest BCUT2D eigenvalue weighted by molar-refractivity contribution is 5.64. The van der Waals surface area contributed by atoms with E-state index in [1.807, 2.05) is 6.92 Å². The van der Waals surface area contributed by atoms with Gasteiger partial charge in [0.2, 0.25) is 0 Å². The molecule has 2 aromatic rings. The van der Waals surface area contributed by atoms with Crippen LogP contribution >= 0.6 is 0 Å². The standard InChI is InChI=1S/C15H12F4/c1-2-10-9-12(5-8-14(10)16)11-3-6-13(7-4-11)15(17,18)19/h3-9H,2H2,1H3.